The molecule has 1 saturated heterocycles. The normalized spacial score (nSPS) is 21.3. The molecule has 1 heterocycles. The Hall–Kier alpha value is -1.76. The van der Waals surface area contributed by atoms with Gasteiger partial charge in [0.2, 0.25) is 0 Å². The van der Waals surface area contributed by atoms with Gasteiger partial charge in [-0.1, -0.05) is 26.0 Å². The maximum atomic E-state index is 12.9. The Bertz CT molecular complexity index is 675. The highest BCUT2D eigenvalue weighted by Crippen LogP contribution is 2.29. The summed E-state index contributed by atoms with van der Waals surface area (Å²) in [6.07, 6.45) is 0.0587. The Morgan fingerprint density at radius 2 is 1.96 bits per heavy atom. The molecule has 0 saturated carbocycles. The van der Waals surface area contributed by atoms with Crippen LogP contribution in [0.25, 0.3) is 0 Å². The molecule has 0 radical (unpaired) electrons. The lowest BCUT2D eigenvalue weighted by Crippen LogP contribution is -2.59. The van der Waals surface area contributed by atoms with Crippen LogP contribution in [-0.4, -0.2) is 54.2 Å². The molecule has 1 N–H and O–H groups in total. The van der Waals surface area contributed by atoms with Crippen molar-refractivity contribution in [2.24, 2.45) is 5.92 Å². The fourth-order valence-corrected chi connectivity index (χ4v) is 4.17. The SMILES string of the molecule is CC(C)C1CN(CC(F)(F)F)CCN1C(=O)Nc1cccc2c1CCCC2. The molecular weight excluding hydrogens is 355 g/mol. The average Bonchev–Trinajstić information content (AvgIpc) is 2.60. The number of amides is 2. The molecule has 27 heavy (non-hydrogen) atoms. The van der Waals surface area contributed by atoms with Crippen molar-refractivity contribution in [3.05, 3.63) is 29.3 Å². The maximum absolute atomic E-state index is 12.9. The largest absolute Gasteiger partial charge is 0.401 e. The van der Waals surface area contributed by atoms with E-state index in [4.69, 9.17) is 0 Å². The first-order valence-electron chi connectivity index (χ1n) is 9.72. The molecule has 0 aromatic heterocycles. The van der Waals surface area contributed by atoms with Crippen LogP contribution in [0, 0.1) is 5.92 Å². The third-order valence-corrected chi connectivity index (χ3v) is 5.57. The fourth-order valence-electron chi connectivity index (χ4n) is 4.17. The molecule has 3 rings (SSSR count). The molecule has 150 valence electrons. The molecule has 2 aliphatic rings. The van der Waals surface area contributed by atoms with Gasteiger partial charge in [-0.2, -0.15) is 13.2 Å². The Morgan fingerprint density at radius 1 is 1.22 bits per heavy atom. The number of piperazine rings is 1. The van der Waals surface area contributed by atoms with E-state index in [1.54, 1.807) is 4.90 Å². The van der Waals surface area contributed by atoms with Crippen molar-refractivity contribution in [2.45, 2.75) is 51.7 Å². The number of benzene rings is 1. The number of rotatable bonds is 3. The van der Waals surface area contributed by atoms with Gasteiger partial charge in [0.25, 0.3) is 0 Å². The van der Waals surface area contributed by atoms with Crippen molar-refractivity contribution in [1.82, 2.24) is 9.80 Å². The van der Waals surface area contributed by atoms with Gasteiger partial charge in [0.05, 0.1) is 6.54 Å². The molecular formula is C20H28F3N3O. The first-order valence-corrected chi connectivity index (χ1v) is 9.72. The smallest absolute Gasteiger partial charge is 0.319 e. The number of nitrogens with zero attached hydrogens (tertiary/aromatic N) is 2. The van der Waals surface area contributed by atoms with E-state index in [0.717, 1.165) is 24.9 Å². The summed E-state index contributed by atoms with van der Waals surface area (Å²) in [6, 6.07) is 5.55. The van der Waals surface area contributed by atoms with Crippen molar-refractivity contribution in [2.75, 3.05) is 31.5 Å². The lowest BCUT2D eigenvalue weighted by molar-refractivity contribution is -0.151. The molecule has 1 aromatic rings. The van der Waals surface area contributed by atoms with E-state index in [1.165, 1.54) is 22.4 Å². The highest BCUT2D eigenvalue weighted by atomic mass is 19.4. The van der Waals surface area contributed by atoms with E-state index in [9.17, 15) is 18.0 Å². The summed E-state index contributed by atoms with van der Waals surface area (Å²) in [6.45, 7) is 3.77. The number of urea groups is 1. The summed E-state index contributed by atoms with van der Waals surface area (Å²) in [7, 11) is 0. The van der Waals surface area contributed by atoms with Crippen LogP contribution in [0.2, 0.25) is 0 Å². The molecule has 4 nitrogen and oxygen atoms in total. The number of alkyl halides is 3. The van der Waals surface area contributed by atoms with Crippen molar-refractivity contribution < 1.29 is 18.0 Å². The Kier molecular flexibility index (Phi) is 5.99. The molecule has 1 aliphatic carbocycles. The van der Waals surface area contributed by atoms with E-state index in [2.05, 4.69) is 11.4 Å². The van der Waals surface area contributed by atoms with Crippen molar-refractivity contribution in [3.63, 3.8) is 0 Å². The number of carbonyl (C=O) groups is 1. The zero-order valence-corrected chi connectivity index (χ0v) is 16.0. The Morgan fingerprint density at radius 3 is 2.67 bits per heavy atom. The topological polar surface area (TPSA) is 35.6 Å². The molecule has 2 amide bonds. The second-order valence-corrected chi connectivity index (χ2v) is 7.94. The minimum Gasteiger partial charge on any atom is -0.319 e. The minimum absolute atomic E-state index is 0.0801. The average molecular weight is 383 g/mol. The quantitative estimate of drug-likeness (QED) is 0.845. The van der Waals surface area contributed by atoms with Crippen LogP contribution in [0.4, 0.5) is 23.7 Å². The van der Waals surface area contributed by atoms with Gasteiger partial charge in [-0.05, 0) is 48.8 Å². The fraction of sp³-hybridized carbons (Fsp3) is 0.650. The Balaban J connectivity index is 1.71. The zero-order chi connectivity index (χ0) is 19.6. The van der Waals surface area contributed by atoms with Crippen LogP contribution in [0.1, 0.15) is 37.8 Å². The van der Waals surface area contributed by atoms with Gasteiger partial charge >= 0.3 is 12.2 Å². The summed E-state index contributed by atoms with van der Waals surface area (Å²) in [4.78, 5) is 16.0. The molecule has 1 aliphatic heterocycles. The van der Waals surface area contributed by atoms with E-state index in [1.807, 2.05) is 26.0 Å². The predicted octanol–water partition coefficient (Wildman–Crippen LogP) is 4.30. The number of anilines is 1. The monoisotopic (exact) mass is 383 g/mol. The first kappa shape index (κ1) is 20.0. The van der Waals surface area contributed by atoms with Crippen LogP contribution < -0.4 is 5.32 Å². The number of halogens is 3. The van der Waals surface area contributed by atoms with E-state index >= 15 is 0 Å². The summed E-state index contributed by atoms with van der Waals surface area (Å²) in [5.41, 5.74) is 3.33. The number of carbonyl (C=O) groups excluding carboxylic acids is 1. The molecule has 0 bridgehead atoms. The van der Waals surface area contributed by atoms with Gasteiger partial charge in [-0.3, -0.25) is 4.90 Å². The summed E-state index contributed by atoms with van der Waals surface area (Å²) in [5, 5.41) is 3.03. The molecule has 7 heteroatoms. The van der Waals surface area contributed by atoms with Crippen molar-refractivity contribution in [3.8, 4) is 0 Å². The number of aryl methyl sites for hydroxylation is 1. The van der Waals surface area contributed by atoms with Gasteiger partial charge in [0.1, 0.15) is 0 Å². The standard InChI is InChI=1S/C20H28F3N3O/c1-14(2)18-12-25(13-20(21,22)23)10-11-26(18)19(27)24-17-9-5-7-15-6-3-4-8-16(15)17/h5,7,9,14,18H,3-4,6,8,10-13H2,1-2H3,(H,24,27). The van der Waals surface area contributed by atoms with Gasteiger partial charge in [0.15, 0.2) is 0 Å². The van der Waals surface area contributed by atoms with Crippen LogP contribution in [0.5, 0.6) is 0 Å². The number of hydrogen-bond donors (Lipinski definition) is 1. The first-order chi connectivity index (χ1) is 12.7. The summed E-state index contributed by atoms with van der Waals surface area (Å²) < 4.78 is 38.2. The highest BCUT2D eigenvalue weighted by Gasteiger charge is 2.37. The second-order valence-electron chi connectivity index (χ2n) is 7.94. The lowest BCUT2D eigenvalue weighted by Gasteiger charge is -2.43. The third-order valence-electron chi connectivity index (χ3n) is 5.57. The summed E-state index contributed by atoms with van der Waals surface area (Å²) in [5.74, 6) is 0.0801. The van der Waals surface area contributed by atoms with Crippen LogP contribution in [0.15, 0.2) is 18.2 Å². The third kappa shape index (κ3) is 4.94. The maximum Gasteiger partial charge on any atom is 0.401 e. The molecule has 1 aromatic carbocycles. The number of fused-ring (bicyclic) bond motifs is 1. The number of nitrogens with one attached hydrogen (secondary N) is 1. The van der Waals surface area contributed by atoms with Crippen LogP contribution in [-0.2, 0) is 12.8 Å². The molecule has 1 atom stereocenters. The van der Waals surface area contributed by atoms with Crippen LogP contribution in [0.3, 0.4) is 0 Å². The lowest BCUT2D eigenvalue weighted by atomic mass is 9.90. The van der Waals surface area contributed by atoms with Crippen molar-refractivity contribution >= 4 is 11.7 Å². The molecule has 0 spiro atoms. The Labute approximate surface area is 158 Å². The van der Waals surface area contributed by atoms with Crippen molar-refractivity contribution in [1.29, 1.82) is 0 Å². The van der Waals surface area contributed by atoms with Gasteiger partial charge in [-0.25, -0.2) is 4.79 Å². The van der Waals surface area contributed by atoms with E-state index in [-0.39, 0.29) is 31.1 Å². The van der Waals surface area contributed by atoms with Crippen LogP contribution >= 0.6 is 0 Å². The van der Waals surface area contributed by atoms with Gasteiger partial charge in [0, 0.05) is 31.4 Å². The van der Waals surface area contributed by atoms with Gasteiger partial charge < -0.3 is 10.2 Å². The zero-order valence-electron chi connectivity index (χ0n) is 16.0. The minimum atomic E-state index is -4.21. The highest BCUT2D eigenvalue weighted by molar-refractivity contribution is 5.90. The van der Waals surface area contributed by atoms with E-state index in [0.29, 0.717) is 6.54 Å². The van der Waals surface area contributed by atoms with Gasteiger partial charge in [-0.15, -0.1) is 0 Å². The second kappa shape index (κ2) is 8.09. The predicted molar refractivity (Wildman–Crippen MR) is 99.9 cm³/mol. The summed E-state index contributed by atoms with van der Waals surface area (Å²) >= 11 is 0. The molecule has 1 fully saturated rings. The van der Waals surface area contributed by atoms with E-state index < -0.39 is 12.7 Å². The molecule has 1 unspecified atom stereocenters. The number of hydrogen-bond acceptors (Lipinski definition) is 2.